The van der Waals surface area contributed by atoms with Crippen molar-refractivity contribution in [2.24, 2.45) is 0 Å². The summed E-state index contributed by atoms with van der Waals surface area (Å²) in [5.41, 5.74) is 2.95. The molecule has 0 spiro atoms. The van der Waals surface area contributed by atoms with Gasteiger partial charge in [0.2, 0.25) is 5.88 Å². The largest absolute Gasteiger partial charge is 0.475 e. The van der Waals surface area contributed by atoms with Crippen LogP contribution in [0.3, 0.4) is 0 Å². The van der Waals surface area contributed by atoms with E-state index in [2.05, 4.69) is 28.8 Å². The van der Waals surface area contributed by atoms with Crippen LogP contribution in [0.25, 0.3) is 22.5 Å². The number of ether oxygens (including phenoxy) is 1. The minimum absolute atomic E-state index is 0.188. The van der Waals surface area contributed by atoms with Gasteiger partial charge >= 0.3 is 0 Å². The Kier molecular flexibility index (Phi) is 8.17. The fourth-order valence-corrected chi connectivity index (χ4v) is 3.31. The van der Waals surface area contributed by atoms with E-state index < -0.39 is 0 Å². The van der Waals surface area contributed by atoms with Crippen LogP contribution in [0.2, 0.25) is 0 Å². The van der Waals surface area contributed by atoms with Gasteiger partial charge in [-0.1, -0.05) is 69.4 Å². The highest BCUT2D eigenvalue weighted by molar-refractivity contribution is 5.63. The molecule has 0 radical (unpaired) electrons. The van der Waals surface area contributed by atoms with Crippen LogP contribution in [-0.4, -0.2) is 21.1 Å². The summed E-state index contributed by atoms with van der Waals surface area (Å²) in [5, 5.41) is 0. The van der Waals surface area contributed by atoms with E-state index in [1.54, 1.807) is 0 Å². The Morgan fingerprint density at radius 1 is 0.724 bits per heavy atom. The predicted octanol–water partition coefficient (Wildman–Crippen LogP) is 6.72. The van der Waals surface area contributed by atoms with Gasteiger partial charge in [0.1, 0.15) is 0 Å². The molecule has 4 heteroatoms. The second kappa shape index (κ2) is 11.3. The van der Waals surface area contributed by atoms with Crippen LogP contribution in [-0.2, 0) is 0 Å². The Labute approximate surface area is 174 Å². The average Bonchev–Trinajstić information content (AvgIpc) is 2.77. The molecule has 0 aliphatic carbocycles. The first kappa shape index (κ1) is 21.0. The van der Waals surface area contributed by atoms with Crippen molar-refractivity contribution >= 4 is 0 Å². The Balaban J connectivity index is 1.49. The molecule has 3 rings (SSSR count). The van der Waals surface area contributed by atoms with Crippen LogP contribution in [0.5, 0.6) is 5.88 Å². The van der Waals surface area contributed by atoms with Crippen molar-refractivity contribution in [1.29, 1.82) is 0 Å². The molecule has 0 saturated carbocycles. The van der Waals surface area contributed by atoms with Crippen molar-refractivity contribution < 1.29 is 4.74 Å². The summed E-state index contributed by atoms with van der Waals surface area (Å²) in [6, 6.07) is 13.9. The van der Waals surface area contributed by atoms with E-state index in [1.807, 2.05) is 61.1 Å². The van der Waals surface area contributed by atoms with Crippen molar-refractivity contribution in [2.75, 3.05) is 0 Å². The van der Waals surface area contributed by atoms with Crippen LogP contribution in [0.15, 0.2) is 61.1 Å². The first-order valence-corrected chi connectivity index (χ1v) is 10.8. The number of hydrogen-bond acceptors (Lipinski definition) is 4. The maximum absolute atomic E-state index is 5.97. The standard InChI is InChI=1S/C25H31N3O/c1-3-4-5-6-7-9-12-20(2)29-24-16-15-22(17-26-24)23-18-27-25(28-19-23)21-13-10-8-11-14-21/h8,10-11,13-20H,3-7,9,12H2,1-2H3. The molecule has 29 heavy (non-hydrogen) atoms. The van der Waals surface area contributed by atoms with Gasteiger partial charge in [0.05, 0.1) is 6.10 Å². The number of aromatic nitrogens is 3. The van der Waals surface area contributed by atoms with Crippen LogP contribution in [0.1, 0.15) is 58.8 Å². The summed E-state index contributed by atoms with van der Waals surface area (Å²) in [6.07, 6.45) is 14.6. The quantitative estimate of drug-likeness (QED) is 0.341. The average molecular weight is 390 g/mol. The lowest BCUT2D eigenvalue weighted by Gasteiger charge is -2.14. The molecule has 0 N–H and O–H groups in total. The molecule has 0 fully saturated rings. The van der Waals surface area contributed by atoms with Gasteiger partial charge in [-0.3, -0.25) is 0 Å². The first-order valence-electron chi connectivity index (χ1n) is 10.8. The van der Waals surface area contributed by atoms with Gasteiger partial charge in [-0.15, -0.1) is 0 Å². The zero-order valence-electron chi connectivity index (χ0n) is 17.6. The summed E-state index contributed by atoms with van der Waals surface area (Å²) in [6.45, 7) is 4.37. The maximum Gasteiger partial charge on any atom is 0.213 e. The van der Waals surface area contributed by atoms with Gasteiger partial charge in [-0.25, -0.2) is 15.0 Å². The maximum atomic E-state index is 5.97. The third kappa shape index (κ3) is 6.67. The van der Waals surface area contributed by atoms with Crippen LogP contribution in [0.4, 0.5) is 0 Å². The van der Waals surface area contributed by atoms with Gasteiger partial charge in [0.25, 0.3) is 0 Å². The van der Waals surface area contributed by atoms with E-state index in [0.29, 0.717) is 5.88 Å². The predicted molar refractivity (Wildman–Crippen MR) is 119 cm³/mol. The molecule has 1 unspecified atom stereocenters. The molecule has 2 aromatic heterocycles. The molecule has 1 aromatic carbocycles. The number of rotatable bonds is 11. The number of hydrogen-bond donors (Lipinski definition) is 0. The Hall–Kier alpha value is -2.75. The zero-order valence-corrected chi connectivity index (χ0v) is 17.6. The van der Waals surface area contributed by atoms with Gasteiger partial charge in [-0.05, 0) is 25.8 Å². The van der Waals surface area contributed by atoms with E-state index in [4.69, 9.17) is 4.74 Å². The second-order valence-corrected chi connectivity index (χ2v) is 7.53. The molecule has 0 saturated heterocycles. The highest BCUT2D eigenvalue weighted by atomic mass is 16.5. The third-order valence-electron chi connectivity index (χ3n) is 5.04. The molecular weight excluding hydrogens is 358 g/mol. The summed E-state index contributed by atoms with van der Waals surface area (Å²) >= 11 is 0. The number of pyridine rings is 1. The van der Waals surface area contributed by atoms with Crippen LogP contribution < -0.4 is 4.74 Å². The summed E-state index contributed by atoms with van der Waals surface area (Å²) in [5.74, 6) is 1.40. The van der Waals surface area contributed by atoms with E-state index in [0.717, 1.165) is 28.9 Å². The molecule has 152 valence electrons. The first-order chi connectivity index (χ1) is 14.3. The van der Waals surface area contributed by atoms with Crippen molar-refractivity contribution in [1.82, 2.24) is 15.0 Å². The Morgan fingerprint density at radius 2 is 1.41 bits per heavy atom. The normalized spacial score (nSPS) is 11.9. The molecule has 0 bridgehead atoms. The SMILES string of the molecule is CCCCCCCCC(C)Oc1ccc(-c2cnc(-c3ccccc3)nc2)cn1. The van der Waals surface area contributed by atoms with E-state index in [9.17, 15) is 0 Å². The lowest BCUT2D eigenvalue weighted by Crippen LogP contribution is -2.12. The van der Waals surface area contributed by atoms with Gasteiger partial charge in [0.15, 0.2) is 5.82 Å². The van der Waals surface area contributed by atoms with E-state index in [-0.39, 0.29) is 6.10 Å². The topological polar surface area (TPSA) is 47.9 Å². The molecule has 0 aliphatic rings. The van der Waals surface area contributed by atoms with Crippen LogP contribution in [0, 0.1) is 0 Å². The van der Waals surface area contributed by atoms with Gasteiger partial charge < -0.3 is 4.74 Å². The van der Waals surface area contributed by atoms with Gasteiger partial charge in [0, 0.05) is 41.3 Å². The lowest BCUT2D eigenvalue weighted by molar-refractivity contribution is 0.198. The molecule has 4 nitrogen and oxygen atoms in total. The monoisotopic (exact) mass is 389 g/mol. The van der Waals surface area contributed by atoms with E-state index in [1.165, 1.54) is 38.5 Å². The second-order valence-electron chi connectivity index (χ2n) is 7.53. The van der Waals surface area contributed by atoms with Crippen molar-refractivity contribution in [3.8, 4) is 28.4 Å². The summed E-state index contributed by atoms with van der Waals surface area (Å²) < 4.78 is 5.97. The molecule has 3 aromatic rings. The molecular formula is C25H31N3O. The fourth-order valence-electron chi connectivity index (χ4n) is 3.31. The fraction of sp³-hybridized carbons (Fsp3) is 0.400. The minimum Gasteiger partial charge on any atom is -0.475 e. The smallest absolute Gasteiger partial charge is 0.213 e. The van der Waals surface area contributed by atoms with Crippen LogP contribution >= 0.6 is 0 Å². The molecule has 0 amide bonds. The molecule has 1 atom stereocenters. The number of unbranched alkanes of at least 4 members (excludes halogenated alkanes) is 5. The minimum atomic E-state index is 0.188. The lowest BCUT2D eigenvalue weighted by atomic mass is 10.1. The summed E-state index contributed by atoms with van der Waals surface area (Å²) in [4.78, 5) is 13.4. The van der Waals surface area contributed by atoms with Crippen molar-refractivity contribution in [3.05, 3.63) is 61.1 Å². The molecule has 0 aliphatic heterocycles. The highest BCUT2D eigenvalue weighted by Crippen LogP contribution is 2.22. The number of benzene rings is 1. The van der Waals surface area contributed by atoms with Crippen molar-refractivity contribution in [2.45, 2.75) is 64.9 Å². The number of nitrogens with zero attached hydrogens (tertiary/aromatic N) is 3. The third-order valence-corrected chi connectivity index (χ3v) is 5.04. The molecule has 2 heterocycles. The van der Waals surface area contributed by atoms with Crippen molar-refractivity contribution in [3.63, 3.8) is 0 Å². The summed E-state index contributed by atoms with van der Waals surface area (Å²) in [7, 11) is 0. The highest BCUT2D eigenvalue weighted by Gasteiger charge is 2.07. The zero-order chi connectivity index (χ0) is 20.3. The Bertz CT molecular complexity index is 832. The van der Waals surface area contributed by atoms with Gasteiger partial charge in [-0.2, -0.15) is 0 Å². The van der Waals surface area contributed by atoms with E-state index >= 15 is 0 Å². The Morgan fingerprint density at radius 3 is 2.10 bits per heavy atom.